The molecule has 0 bridgehead atoms. The third-order valence-corrected chi connectivity index (χ3v) is 4.10. The van der Waals surface area contributed by atoms with Crippen LogP contribution in [0.1, 0.15) is 33.6 Å². The molecule has 0 aromatic heterocycles. The van der Waals surface area contributed by atoms with E-state index in [1.807, 2.05) is 0 Å². The summed E-state index contributed by atoms with van der Waals surface area (Å²) in [5.74, 6) is 0. The van der Waals surface area contributed by atoms with E-state index in [0.717, 1.165) is 39.1 Å². The molecule has 0 amide bonds. The van der Waals surface area contributed by atoms with Gasteiger partial charge in [0.1, 0.15) is 0 Å². The molecule has 1 rings (SSSR count). The lowest BCUT2D eigenvalue weighted by molar-refractivity contribution is -0.0312. The van der Waals surface area contributed by atoms with Gasteiger partial charge in [-0.15, -0.1) is 6.58 Å². The van der Waals surface area contributed by atoms with Gasteiger partial charge in [-0.25, -0.2) is 0 Å². The van der Waals surface area contributed by atoms with Gasteiger partial charge in [0.25, 0.3) is 0 Å². The summed E-state index contributed by atoms with van der Waals surface area (Å²) in [6, 6.07) is 0.461. The van der Waals surface area contributed by atoms with Gasteiger partial charge in [-0.1, -0.05) is 12.5 Å². The van der Waals surface area contributed by atoms with Gasteiger partial charge in [0, 0.05) is 24.7 Å². The third kappa shape index (κ3) is 3.54. The first-order valence-corrected chi connectivity index (χ1v) is 6.69. The first-order valence-electron chi connectivity index (χ1n) is 6.69. The number of ether oxygens (including phenoxy) is 1. The van der Waals surface area contributed by atoms with E-state index < -0.39 is 0 Å². The summed E-state index contributed by atoms with van der Waals surface area (Å²) in [5.41, 5.74) is 1.44. The van der Waals surface area contributed by atoms with E-state index in [9.17, 15) is 0 Å². The van der Waals surface area contributed by atoms with Crippen LogP contribution in [0, 0.1) is 0 Å². The Morgan fingerprint density at radius 2 is 2.06 bits per heavy atom. The van der Waals surface area contributed by atoms with Crippen LogP contribution in [0.4, 0.5) is 0 Å². The molecule has 1 saturated heterocycles. The Labute approximate surface area is 106 Å². The van der Waals surface area contributed by atoms with Crippen molar-refractivity contribution in [2.75, 3.05) is 33.4 Å². The van der Waals surface area contributed by atoms with Crippen molar-refractivity contribution in [2.24, 2.45) is 0 Å². The van der Waals surface area contributed by atoms with E-state index in [4.69, 9.17) is 4.74 Å². The predicted molar refractivity (Wildman–Crippen MR) is 73.4 cm³/mol. The molecule has 0 spiro atoms. The second-order valence-corrected chi connectivity index (χ2v) is 5.31. The van der Waals surface area contributed by atoms with Crippen molar-refractivity contribution in [3.63, 3.8) is 0 Å². The highest BCUT2D eigenvalue weighted by molar-refractivity contribution is 5.03. The maximum atomic E-state index is 5.45. The Morgan fingerprint density at radius 3 is 2.47 bits per heavy atom. The summed E-state index contributed by atoms with van der Waals surface area (Å²) in [5, 5.41) is 3.48. The quantitative estimate of drug-likeness (QED) is 0.719. The lowest BCUT2D eigenvalue weighted by Crippen LogP contribution is -2.61. The van der Waals surface area contributed by atoms with Crippen LogP contribution in [0.5, 0.6) is 0 Å². The maximum Gasteiger partial charge on any atom is 0.0594 e. The average Bonchev–Trinajstić information content (AvgIpc) is 2.35. The summed E-state index contributed by atoms with van der Waals surface area (Å²) in [6.07, 6.45) is 2.18. The topological polar surface area (TPSA) is 24.5 Å². The van der Waals surface area contributed by atoms with Crippen LogP contribution in [-0.2, 0) is 4.74 Å². The number of nitrogens with zero attached hydrogens (tertiary/aromatic N) is 1. The van der Waals surface area contributed by atoms with Crippen molar-refractivity contribution in [1.82, 2.24) is 10.2 Å². The molecule has 2 unspecified atom stereocenters. The number of morpholine rings is 1. The molecule has 1 aliphatic heterocycles. The fraction of sp³-hybridized carbons (Fsp3) is 0.857. The SMILES string of the molecule is C=C(C)CC(NC)C(C)(CC)N1CCOCC1. The fourth-order valence-electron chi connectivity index (χ4n) is 2.75. The number of nitrogens with one attached hydrogen (secondary N) is 1. The highest BCUT2D eigenvalue weighted by Gasteiger charge is 2.37. The highest BCUT2D eigenvalue weighted by Crippen LogP contribution is 2.28. The van der Waals surface area contributed by atoms with Gasteiger partial charge in [0.05, 0.1) is 13.2 Å². The molecule has 0 aliphatic carbocycles. The Balaban J connectivity index is 2.78. The van der Waals surface area contributed by atoms with Crippen molar-refractivity contribution in [3.8, 4) is 0 Å². The van der Waals surface area contributed by atoms with Gasteiger partial charge in [0.2, 0.25) is 0 Å². The van der Waals surface area contributed by atoms with E-state index in [1.165, 1.54) is 5.57 Å². The van der Waals surface area contributed by atoms with Crippen molar-refractivity contribution < 1.29 is 4.74 Å². The molecule has 17 heavy (non-hydrogen) atoms. The maximum absolute atomic E-state index is 5.45. The molecule has 0 radical (unpaired) electrons. The van der Waals surface area contributed by atoms with E-state index in [2.05, 4.69) is 44.6 Å². The molecule has 0 saturated carbocycles. The minimum absolute atomic E-state index is 0.192. The molecule has 0 aromatic rings. The second kappa shape index (κ2) is 6.53. The Bertz CT molecular complexity index is 249. The number of rotatable bonds is 6. The number of hydrogen-bond donors (Lipinski definition) is 1. The smallest absolute Gasteiger partial charge is 0.0594 e. The average molecular weight is 240 g/mol. The first-order chi connectivity index (χ1) is 8.04. The minimum atomic E-state index is 0.192. The van der Waals surface area contributed by atoms with Crippen molar-refractivity contribution >= 4 is 0 Å². The standard InChI is InChI=1S/C14H28N2O/c1-6-14(4,13(15-5)11-12(2)3)16-7-9-17-10-8-16/h13,15H,2,6-11H2,1,3-5H3. The molecule has 1 N–H and O–H groups in total. The largest absolute Gasteiger partial charge is 0.379 e. The zero-order valence-electron chi connectivity index (χ0n) is 11.9. The van der Waals surface area contributed by atoms with Crippen LogP contribution >= 0.6 is 0 Å². The summed E-state index contributed by atoms with van der Waals surface area (Å²) in [6.45, 7) is 14.6. The van der Waals surface area contributed by atoms with Crippen LogP contribution in [-0.4, -0.2) is 49.8 Å². The van der Waals surface area contributed by atoms with Crippen LogP contribution in [0.25, 0.3) is 0 Å². The summed E-state index contributed by atoms with van der Waals surface area (Å²) >= 11 is 0. The number of likely N-dealkylation sites (N-methyl/N-ethyl adjacent to an activating group) is 1. The summed E-state index contributed by atoms with van der Waals surface area (Å²) < 4.78 is 5.45. The first kappa shape index (κ1) is 14.7. The van der Waals surface area contributed by atoms with Gasteiger partial charge in [-0.2, -0.15) is 0 Å². The van der Waals surface area contributed by atoms with E-state index in [0.29, 0.717) is 6.04 Å². The Hall–Kier alpha value is -0.380. The third-order valence-electron chi connectivity index (χ3n) is 4.10. The molecule has 2 atom stereocenters. The predicted octanol–water partition coefficient (Wildman–Crippen LogP) is 2.04. The monoisotopic (exact) mass is 240 g/mol. The van der Waals surface area contributed by atoms with Crippen molar-refractivity contribution in [2.45, 2.75) is 45.2 Å². The fourth-order valence-corrected chi connectivity index (χ4v) is 2.75. The molecular formula is C14H28N2O. The summed E-state index contributed by atoms with van der Waals surface area (Å²) in [4.78, 5) is 2.57. The van der Waals surface area contributed by atoms with Gasteiger partial charge in [-0.05, 0) is 33.7 Å². The molecule has 1 fully saturated rings. The van der Waals surface area contributed by atoms with Crippen LogP contribution in [0.15, 0.2) is 12.2 Å². The molecule has 3 nitrogen and oxygen atoms in total. The molecular weight excluding hydrogens is 212 g/mol. The highest BCUT2D eigenvalue weighted by atomic mass is 16.5. The van der Waals surface area contributed by atoms with Gasteiger partial charge in [-0.3, -0.25) is 4.90 Å². The minimum Gasteiger partial charge on any atom is -0.379 e. The van der Waals surface area contributed by atoms with E-state index in [-0.39, 0.29) is 5.54 Å². The molecule has 3 heteroatoms. The van der Waals surface area contributed by atoms with Crippen molar-refractivity contribution in [1.29, 1.82) is 0 Å². The van der Waals surface area contributed by atoms with Crippen LogP contribution in [0.3, 0.4) is 0 Å². The molecule has 1 heterocycles. The Kier molecular flexibility index (Phi) is 5.63. The van der Waals surface area contributed by atoms with Gasteiger partial charge >= 0.3 is 0 Å². The van der Waals surface area contributed by atoms with Gasteiger partial charge in [0.15, 0.2) is 0 Å². The molecule has 100 valence electrons. The molecule has 0 aromatic carbocycles. The van der Waals surface area contributed by atoms with E-state index in [1.54, 1.807) is 0 Å². The number of hydrogen-bond acceptors (Lipinski definition) is 3. The molecule has 1 aliphatic rings. The van der Waals surface area contributed by atoms with Gasteiger partial charge < -0.3 is 10.1 Å². The summed E-state index contributed by atoms with van der Waals surface area (Å²) in [7, 11) is 2.06. The lowest BCUT2D eigenvalue weighted by atomic mass is 9.83. The van der Waals surface area contributed by atoms with Crippen LogP contribution in [0.2, 0.25) is 0 Å². The zero-order chi connectivity index (χ0) is 12.9. The van der Waals surface area contributed by atoms with E-state index >= 15 is 0 Å². The van der Waals surface area contributed by atoms with Crippen molar-refractivity contribution in [3.05, 3.63) is 12.2 Å². The Morgan fingerprint density at radius 1 is 1.47 bits per heavy atom. The lowest BCUT2D eigenvalue weighted by Gasteiger charge is -2.48. The zero-order valence-corrected chi connectivity index (χ0v) is 11.9. The van der Waals surface area contributed by atoms with Crippen LogP contribution < -0.4 is 5.32 Å². The second-order valence-electron chi connectivity index (χ2n) is 5.31. The normalized spacial score (nSPS) is 23.1.